The Morgan fingerprint density at radius 1 is 1.00 bits per heavy atom. The van der Waals surface area contributed by atoms with Crippen LogP contribution in [0, 0.1) is 0 Å². The predicted molar refractivity (Wildman–Crippen MR) is 82.9 cm³/mol. The number of hydrogen-bond donors (Lipinski definition) is 2. The Bertz CT molecular complexity index is 746. The highest BCUT2D eigenvalue weighted by molar-refractivity contribution is 7.99. The standard InChI is InChI=1S/C14H11ClN4S/c15-9-5-7-10(8-6-9)20-13-11-3-1-2-4-12(11)17-14(18-13)19-16/h1-8H,16H2,(H,17,18,19). The van der Waals surface area contributed by atoms with E-state index >= 15 is 0 Å². The Balaban J connectivity index is 2.07. The van der Waals surface area contributed by atoms with E-state index in [2.05, 4.69) is 15.4 Å². The van der Waals surface area contributed by atoms with Gasteiger partial charge >= 0.3 is 0 Å². The molecule has 1 heterocycles. The maximum absolute atomic E-state index is 5.90. The lowest BCUT2D eigenvalue weighted by atomic mass is 10.2. The van der Waals surface area contributed by atoms with Gasteiger partial charge in [-0.1, -0.05) is 41.6 Å². The molecule has 100 valence electrons. The third-order valence-electron chi connectivity index (χ3n) is 2.73. The highest BCUT2D eigenvalue weighted by atomic mass is 35.5. The third kappa shape index (κ3) is 2.70. The highest BCUT2D eigenvalue weighted by Gasteiger charge is 2.08. The molecule has 0 radical (unpaired) electrons. The fourth-order valence-electron chi connectivity index (χ4n) is 1.80. The molecule has 3 rings (SSSR count). The number of hydrazine groups is 1. The molecule has 1 aromatic heterocycles. The fourth-order valence-corrected chi connectivity index (χ4v) is 2.84. The lowest BCUT2D eigenvalue weighted by Crippen LogP contribution is -2.10. The van der Waals surface area contributed by atoms with E-state index in [0.717, 1.165) is 20.8 Å². The van der Waals surface area contributed by atoms with E-state index in [1.165, 1.54) is 0 Å². The Hall–Kier alpha value is -1.82. The number of para-hydroxylation sites is 1. The van der Waals surface area contributed by atoms with Crippen molar-refractivity contribution in [1.29, 1.82) is 0 Å². The molecule has 0 spiro atoms. The van der Waals surface area contributed by atoms with Gasteiger partial charge in [0.1, 0.15) is 5.03 Å². The molecule has 20 heavy (non-hydrogen) atoms. The number of nitrogen functional groups attached to an aromatic ring is 1. The number of halogens is 1. The molecular weight excluding hydrogens is 292 g/mol. The Morgan fingerprint density at radius 2 is 1.75 bits per heavy atom. The van der Waals surface area contributed by atoms with E-state index in [1.807, 2.05) is 48.5 Å². The van der Waals surface area contributed by atoms with Gasteiger partial charge in [-0.2, -0.15) is 0 Å². The van der Waals surface area contributed by atoms with Crippen molar-refractivity contribution in [3.8, 4) is 0 Å². The number of rotatable bonds is 3. The minimum absolute atomic E-state index is 0.403. The maximum atomic E-state index is 5.90. The first-order valence-electron chi connectivity index (χ1n) is 5.93. The van der Waals surface area contributed by atoms with Crippen LogP contribution in [0.1, 0.15) is 0 Å². The average molecular weight is 303 g/mol. The van der Waals surface area contributed by atoms with E-state index in [1.54, 1.807) is 11.8 Å². The summed E-state index contributed by atoms with van der Waals surface area (Å²) in [5.41, 5.74) is 3.35. The zero-order chi connectivity index (χ0) is 13.9. The van der Waals surface area contributed by atoms with Gasteiger partial charge in [0.15, 0.2) is 0 Å². The zero-order valence-corrected chi connectivity index (χ0v) is 11.9. The van der Waals surface area contributed by atoms with E-state index in [-0.39, 0.29) is 0 Å². The van der Waals surface area contributed by atoms with Crippen LogP contribution in [0.4, 0.5) is 5.95 Å². The summed E-state index contributed by atoms with van der Waals surface area (Å²) >= 11 is 7.45. The molecule has 4 nitrogen and oxygen atoms in total. The predicted octanol–water partition coefficient (Wildman–Crippen LogP) is 3.72. The fraction of sp³-hybridized carbons (Fsp3) is 0. The van der Waals surface area contributed by atoms with Crippen LogP contribution in [0.2, 0.25) is 5.02 Å². The molecule has 3 aromatic rings. The third-order valence-corrected chi connectivity index (χ3v) is 3.99. The second-order valence-corrected chi connectivity index (χ2v) is 5.57. The maximum Gasteiger partial charge on any atom is 0.238 e. The number of aromatic nitrogens is 2. The molecule has 0 amide bonds. The number of hydrogen-bond acceptors (Lipinski definition) is 5. The first kappa shape index (κ1) is 13.2. The number of nitrogens with zero attached hydrogens (tertiary/aromatic N) is 2. The summed E-state index contributed by atoms with van der Waals surface area (Å²) in [6.45, 7) is 0. The van der Waals surface area contributed by atoms with Crippen molar-refractivity contribution < 1.29 is 0 Å². The summed E-state index contributed by atoms with van der Waals surface area (Å²) in [5, 5.41) is 2.56. The van der Waals surface area contributed by atoms with E-state index in [0.29, 0.717) is 11.0 Å². The number of anilines is 1. The van der Waals surface area contributed by atoms with Gasteiger partial charge in [0, 0.05) is 15.3 Å². The molecule has 0 unspecified atom stereocenters. The summed E-state index contributed by atoms with van der Waals surface area (Å²) in [6, 6.07) is 15.5. The van der Waals surface area contributed by atoms with Crippen LogP contribution >= 0.6 is 23.4 Å². The summed E-state index contributed by atoms with van der Waals surface area (Å²) in [6.07, 6.45) is 0. The Kier molecular flexibility index (Phi) is 3.73. The van der Waals surface area contributed by atoms with Crippen LogP contribution < -0.4 is 11.3 Å². The Labute approximate surface area is 125 Å². The number of benzene rings is 2. The van der Waals surface area contributed by atoms with Crippen molar-refractivity contribution in [1.82, 2.24) is 9.97 Å². The number of nitrogens with one attached hydrogen (secondary N) is 1. The lowest BCUT2D eigenvalue weighted by Gasteiger charge is -2.07. The van der Waals surface area contributed by atoms with Gasteiger partial charge in [-0.05, 0) is 30.3 Å². The molecule has 0 saturated carbocycles. The molecule has 2 aromatic carbocycles. The summed E-state index contributed by atoms with van der Waals surface area (Å²) in [5.74, 6) is 5.82. The number of fused-ring (bicyclic) bond motifs is 1. The van der Waals surface area contributed by atoms with Crippen molar-refractivity contribution in [3.63, 3.8) is 0 Å². The quantitative estimate of drug-likeness (QED) is 0.438. The highest BCUT2D eigenvalue weighted by Crippen LogP contribution is 2.32. The minimum atomic E-state index is 0.403. The van der Waals surface area contributed by atoms with Crippen molar-refractivity contribution >= 4 is 40.2 Å². The van der Waals surface area contributed by atoms with Crippen molar-refractivity contribution in [3.05, 3.63) is 53.6 Å². The van der Waals surface area contributed by atoms with Gasteiger partial charge in [-0.3, -0.25) is 5.43 Å². The van der Waals surface area contributed by atoms with Crippen molar-refractivity contribution in [2.75, 3.05) is 5.43 Å². The van der Waals surface area contributed by atoms with Gasteiger partial charge in [-0.25, -0.2) is 15.8 Å². The van der Waals surface area contributed by atoms with E-state index < -0.39 is 0 Å². The molecule has 3 N–H and O–H groups in total. The molecule has 0 saturated heterocycles. The van der Waals surface area contributed by atoms with Crippen LogP contribution in [0.5, 0.6) is 0 Å². The van der Waals surface area contributed by atoms with E-state index in [4.69, 9.17) is 17.4 Å². The molecule has 0 fully saturated rings. The van der Waals surface area contributed by atoms with Gasteiger partial charge < -0.3 is 0 Å². The molecule has 0 atom stereocenters. The summed E-state index contributed by atoms with van der Waals surface area (Å²) < 4.78 is 0. The molecule has 6 heteroatoms. The minimum Gasteiger partial charge on any atom is -0.292 e. The van der Waals surface area contributed by atoms with Gasteiger partial charge in [-0.15, -0.1) is 0 Å². The SMILES string of the molecule is NNc1nc(Sc2ccc(Cl)cc2)c2ccccc2n1. The summed E-state index contributed by atoms with van der Waals surface area (Å²) in [4.78, 5) is 9.80. The first-order valence-corrected chi connectivity index (χ1v) is 7.12. The van der Waals surface area contributed by atoms with Crippen molar-refractivity contribution in [2.24, 2.45) is 5.84 Å². The number of nitrogens with two attached hydrogens (primary N) is 1. The second kappa shape index (κ2) is 5.66. The monoisotopic (exact) mass is 302 g/mol. The van der Waals surface area contributed by atoms with Crippen molar-refractivity contribution in [2.45, 2.75) is 9.92 Å². The topological polar surface area (TPSA) is 63.8 Å². The second-order valence-electron chi connectivity index (χ2n) is 4.07. The van der Waals surface area contributed by atoms with Crippen LogP contribution in [0.15, 0.2) is 58.5 Å². The summed E-state index contributed by atoms with van der Waals surface area (Å²) in [7, 11) is 0. The van der Waals surface area contributed by atoms with Crippen LogP contribution in [-0.4, -0.2) is 9.97 Å². The molecule has 0 aliphatic carbocycles. The van der Waals surface area contributed by atoms with Gasteiger partial charge in [0.25, 0.3) is 0 Å². The molecular formula is C14H11ClN4S. The van der Waals surface area contributed by atoms with Gasteiger partial charge in [0.05, 0.1) is 5.52 Å². The zero-order valence-electron chi connectivity index (χ0n) is 10.4. The smallest absolute Gasteiger partial charge is 0.238 e. The Morgan fingerprint density at radius 3 is 2.50 bits per heavy atom. The van der Waals surface area contributed by atoms with Crippen LogP contribution in [0.25, 0.3) is 10.9 Å². The molecule has 0 aliphatic heterocycles. The lowest BCUT2D eigenvalue weighted by molar-refractivity contribution is 1.07. The van der Waals surface area contributed by atoms with Gasteiger partial charge in [0.2, 0.25) is 5.95 Å². The molecule has 0 bridgehead atoms. The van der Waals surface area contributed by atoms with E-state index in [9.17, 15) is 0 Å². The molecule has 0 aliphatic rings. The largest absolute Gasteiger partial charge is 0.292 e. The normalized spacial score (nSPS) is 10.7. The van der Waals surface area contributed by atoms with Crippen LogP contribution in [0.3, 0.4) is 0 Å². The first-order chi connectivity index (χ1) is 9.76. The average Bonchev–Trinajstić information content (AvgIpc) is 2.49. The van der Waals surface area contributed by atoms with Crippen LogP contribution in [-0.2, 0) is 0 Å².